The zero-order chi connectivity index (χ0) is 15.5. The van der Waals surface area contributed by atoms with Gasteiger partial charge in [0.15, 0.2) is 5.69 Å². The van der Waals surface area contributed by atoms with Crippen LogP contribution in [0, 0.1) is 0 Å². The minimum absolute atomic E-state index is 0.138. The first kappa shape index (κ1) is 15.7. The Bertz CT molecular complexity index is 512. The molecule has 0 bridgehead atoms. The Kier molecular flexibility index (Phi) is 4.74. The van der Waals surface area contributed by atoms with E-state index in [0.29, 0.717) is 18.1 Å². The molecule has 0 radical (unpaired) electrons. The minimum Gasteiger partial charge on any atom is -0.373 e. The number of nitrogens with one attached hydrogen (secondary N) is 2. The number of carbonyl (C=O) groups excluding carboxylic acids is 1. The van der Waals surface area contributed by atoms with Crippen molar-refractivity contribution in [3.8, 4) is 0 Å². The van der Waals surface area contributed by atoms with Crippen LogP contribution in [0.4, 0.5) is 5.69 Å². The van der Waals surface area contributed by atoms with E-state index < -0.39 is 0 Å². The van der Waals surface area contributed by atoms with Crippen molar-refractivity contribution in [3.05, 3.63) is 17.7 Å². The second-order valence-corrected chi connectivity index (χ2v) is 5.87. The van der Waals surface area contributed by atoms with E-state index >= 15 is 0 Å². The van der Waals surface area contributed by atoms with Crippen molar-refractivity contribution in [2.24, 2.45) is 5.84 Å². The van der Waals surface area contributed by atoms with Crippen molar-refractivity contribution in [3.63, 3.8) is 0 Å². The van der Waals surface area contributed by atoms with E-state index in [4.69, 9.17) is 10.6 Å². The molecule has 1 unspecified atom stereocenters. The number of anilines is 1. The van der Waals surface area contributed by atoms with E-state index in [2.05, 4.69) is 20.7 Å². The van der Waals surface area contributed by atoms with Crippen LogP contribution in [-0.4, -0.2) is 34.6 Å². The molecule has 0 aliphatic carbocycles. The quantitative estimate of drug-likeness (QED) is 0.556. The smallest absolute Gasteiger partial charge is 0.272 e. The standard InChI is InChI=1S/C14H23N5O2/c1-9(2)12-16-7-10(19-15)11(18-12)13(20)17-8-14(3)5-4-6-21-14/h7,9,19H,4-6,8,15H2,1-3H3,(H,17,20). The van der Waals surface area contributed by atoms with Crippen molar-refractivity contribution < 1.29 is 9.53 Å². The number of nitrogen functional groups attached to an aromatic ring is 1. The number of ether oxygens (including phenoxy) is 1. The van der Waals surface area contributed by atoms with Crippen molar-refractivity contribution >= 4 is 11.6 Å². The van der Waals surface area contributed by atoms with Crippen molar-refractivity contribution in [1.82, 2.24) is 15.3 Å². The van der Waals surface area contributed by atoms with Crippen molar-refractivity contribution in [2.45, 2.75) is 45.1 Å². The van der Waals surface area contributed by atoms with Crippen LogP contribution in [0.3, 0.4) is 0 Å². The van der Waals surface area contributed by atoms with Crippen LogP contribution in [0.2, 0.25) is 0 Å². The average molecular weight is 293 g/mol. The fraction of sp³-hybridized carbons (Fsp3) is 0.643. The molecule has 7 heteroatoms. The topological polar surface area (TPSA) is 102 Å². The number of hydrazine groups is 1. The number of rotatable bonds is 5. The molecule has 7 nitrogen and oxygen atoms in total. The highest BCUT2D eigenvalue weighted by atomic mass is 16.5. The van der Waals surface area contributed by atoms with Gasteiger partial charge in [-0.25, -0.2) is 9.97 Å². The second-order valence-electron chi connectivity index (χ2n) is 5.87. The summed E-state index contributed by atoms with van der Waals surface area (Å²) in [4.78, 5) is 20.8. The Morgan fingerprint density at radius 3 is 2.90 bits per heavy atom. The lowest BCUT2D eigenvalue weighted by atomic mass is 10.0. The molecule has 116 valence electrons. The fourth-order valence-electron chi connectivity index (χ4n) is 2.28. The summed E-state index contributed by atoms with van der Waals surface area (Å²) in [7, 11) is 0. The zero-order valence-corrected chi connectivity index (χ0v) is 12.8. The van der Waals surface area contributed by atoms with Gasteiger partial charge < -0.3 is 15.5 Å². The summed E-state index contributed by atoms with van der Waals surface area (Å²) < 4.78 is 5.66. The SMILES string of the molecule is CC(C)c1ncc(NN)c(C(=O)NCC2(C)CCCO2)n1. The number of carbonyl (C=O) groups is 1. The molecule has 4 N–H and O–H groups in total. The molecule has 0 saturated carbocycles. The number of amides is 1. The van der Waals surface area contributed by atoms with Gasteiger partial charge in [0.25, 0.3) is 5.91 Å². The molecule has 1 saturated heterocycles. The molecule has 2 heterocycles. The van der Waals surface area contributed by atoms with E-state index in [1.54, 1.807) is 0 Å². The Labute approximate surface area is 124 Å². The molecule has 1 aliphatic rings. The summed E-state index contributed by atoms with van der Waals surface area (Å²) >= 11 is 0. The monoisotopic (exact) mass is 293 g/mol. The predicted octanol–water partition coefficient (Wildman–Crippen LogP) is 1.18. The lowest BCUT2D eigenvalue weighted by Crippen LogP contribution is -2.40. The van der Waals surface area contributed by atoms with Gasteiger partial charge in [0, 0.05) is 19.1 Å². The molecule has 1 aliphatic heterocycles. The number of aromatic nitrogens is 2. The molecule has 0 aromatic carbocycles. The van der Waals surface area contributed by atoms with Gasteiger partial charge in [-0.05, 0) is 19.8 Å². The van der Waals surface area contributed by atoms with Gasteiger partial charge in [0.2, 0.25) is 0 Å². The third-order valence-corrected chi connectivity index (χ3v) is 3.62. The maximum atomic E-state index is 12.3. The summed E-state index contributed by atoms with van der Waals surface area (Å²) in [5, 5.41) is 2.87. The molecule has 1 aromatic rings. The first-order chi connectivity index (χ1) is 9.95. The third-order valence-electron chi connectivity index (χ3n) is 3.62. The molecule has 1 amide bonds. The Balaban J connectivity index is 2.11. The van der Waals surface area contributed by atoms with Gasteiger partial charge in [-0.1, -0.05) is 13.8 Å². The molecule has 1 fully saturated rings. The zero-order valence-electron chi connectivity index (χ0n) is 12.8. The lowest BCUT2D eigenvalue weighted by molar-refractivity contribution is 0.0205. The van der Waals surface area contributed by atoms with Crippen molar-refractivity contribution in [2.75, 3.05) is 18.6 Å². The van der Waals surface area contributed by atoms with Crippen LogP contribution >= 0.6 is 0 Å². The fourth-order valence-corrected chi connectivity index (χ4v) is 2.28. The summed E-state index contributed by atoms with van der Waals surface area (Å²) in [5.74, 6) is 5.90. The number of hydrogen-bond donors (Lipinski definition) is 3. The van der Waals surface area contributed by atoms with Crippen LogP contribution in [-0.2, 0) is 4.74 Å². The maximum Gasteiger partial charge on any atom is 0.272 e. The summed E-state index contributed by atoms with van der Waals surface area (Å²) in [5.41, 5.74) is 2.84. The Morgan fingerprint density at radius 1 is 1.57 bits per heavy atom. The largest absolute Gasteiger partial charge is 0.373 e. The predicted molar refractivity (Wildman–Crippen MR) is 79.9 cm³/mol. The molecular formula is C14H23N5O2. The minimum atomic E-state index is -0.292. The highest BCUT2D eigenvalue weighted by Crippen LogP contribution is 2.24. The van der Waals surface area contributed by atoms with Gasteiger partial charge in [-0.3, -0.25) is 10.6 Å². The second kappa shape index (κ2) is 6.36. The summed E-state index contributed by atoms with van der Waals surface area (Å²) in [6.07, 6.45) is 3.49. The van der Waals surface area contributed by atoms with E-state index in [1.165, 1.54) is 6.20 Å². The highest BCUT2D eigenvalue weighted by molar-refractivity contribution is 5.97. The van der Waals surface area contributed by atoms with E-state index in [9.17, 15) is 4.79 Å². The van der Waals surface area contributed by atoms with E-state index in [-0.39, 0.29) is 23.1 Å². The van der Waals surface area contributed by atoms with Crippen LogP contribution < -0.4 is 16.6 Å². The number of hydrogen-bond acceptors (Lipinski definition) is 6. The molecule has 1 aromatic heterocycles. The van der Waals surface area contributed by atoms with Crippen LogP contribution in [0.5, 0.6) is 0 Å². The first-order valence-corrected chi connectivity index (χ1v) is 7.21. The van der Waals surface area contributed by atoms with Crippen LogP contribution in [0.1, 0.15) is 55.8 Å². The normalized spacial score (nSPS) is 21.6. The Morgan fingerprint density at radius 2 is 2.33 bits per heavy atom. The molecule has 21 heavy (non-hydrogen) atoms. The van der Waals surface area contributed by atoms with Gasteiger partial charge in [0.05, 0.1) is 17.5 Å². The molecule has 0 spiro atoms. The summed E-state index contributed by atoms with van der Waals surface area (Å²) in [6.45, 7) is 7.14. The molecule has 1 atom stereocenters. The van der Waals surface area contributed by atoms with Gasteiger partial charge >= 0.3 is 0 Å². The summed E-state index contributed by atoms with van der Waals surface area (Å²) in [6, 6.07) is 0. The van der Waals surface area contributed by atoms with Gasteiger partial charge in [0.1, 0.15) is 5.82 Å². The van der Waals surface area contributed by atoms with Crippen LogP contribution in [0.25, 0.3) is 0 Å². The lowest BCUT2D eigenvalue weighted by Gasteiger charge is -2.23. The van der Waals surface area contributed by atoms with Gasteiger partial charge in [-0.15, -0.1) is 0 Å². The molecule has 2 rings (SSSR count). The number of nitrogens with two attached hydrogens (primary N) is 1. The van der Waals surface area contributed by atoms with E-state index in [1.807, 2.05) is 20.8 Å². The third kappa shape index (κ3) is 3.68. The van der Waals surface area contributed by atoms with E-state index in [0.717, 1.165) is 19.4 Å². The highest BCUT2D eigenvalue weighted by Gasteiger charge is 2.30. The average Bonchev–Trinajstić information content (AvgIpc) is 2.91. The van der Waals surface area contributed by atoms with Gasteiger partial charge in [-0.2, -0.15) is 0 Å². The van der Waals surface area contributed by atoms with Crippen LogP contribution in [0.15, 0.2) is 6.20 Å². The van der Waals surface area contributed by atoms with Crippen molar-refractivity contribution in [1.29, 1.82) is 0 Å². The Hall–Kier alpha value is -1.73. The first-order valence-electron chi connectivity index (χ1n) is 7.21. The molecular weight excluding hydrogens is 270 g/mol. The maximum absolute atomic E-state index is 12.3. The number of nitrogens with zero attached hydrogens (tertiary/aromatic N) is 2.